The second-order valence-corrected chi connectivity index (χ2v) is 5.19. The fourth-order valence-corrected chi connectivity index (χ4v) is 2.59. The number of ether oxygens (including phenoxy) is 1. The number of rotatable bonds is 4. The number of benzene rings is 1. The summed E-state index contributed by atoms with van der Waals surface area (Å²) in [6.07, 6.45) is 2.03. The van der Waals surface area contributed by atoms with Crippen LogP contribution in [0.3, 0.4) is 0 Å². The van der Waals surface area contributed by atoms with Crippen LogP contribution in [-0.2, 0) is 11.2 Å². The monoisotopic (exact) mass is 252 g/mol. The van der Waals surface area contributed by atoms with Crippen molar-refractivity contribution in [3.05, 3.63) is 35.1 Å². The Bertz CT molecular complexity index is 411. The van der Waals surface area contributed by atoms with E-state index < -0.39 is 0 Å². The van der Waals surface area contributed by atoms with Crippen LogP contribution in [-0.4, -0.2) is 18.8 Å². The van der Waals surface area contributed by atoms with E-state index in [0.717, 1.165) is 30.6 Å². The third kappa shape index (κ3) is 3.07. The fourth-order valence-electron chi connectivity index (χ4n) is 2.59. The molecule has 1 fully saturated rings. The maximum atomic E-state index is 13.3. The molecule has 0 amide bonds. The molecule has 3 nitrogen and oxygen atoms in total. The van der Waals surface area contributed by atoms with Gasteiger partial charge in [0.25, 0.3) is 0 Å². The molecule has 0 aliphatic carbocycles. The maximum Gasteiger partial charge on any atom is 0.123 e. The zero-order chi connectivity index (χ0) is 13.1. The molecule has 3 unspecified atom stereocenters. The minimum absolute atomic E-state index is 0.135. The highest BCUT2D eigenvalue weighted by Crippen LogP contribution is 2.25. The highest BCUT2D eigenvalue weighted by molar-refractivity contribution is 5.27. The lowest BCUT2D eigenvalue weighted by Crippen LogP contribution is -2.43. The van der Waals surface area contributed by atoms with Gasteiger partial charge in [-0.3, -0.25) is 11.3 Å². The van der Waals surface area contributed by atoms with Crippen LogP contribution < -0.4 is 11.3 Å². The molecule has 100 valence electrons. The molecule has 4 heteroatoms. The van der Waals surface area contributed by atoms with Gasteiger partial charge in [-0.1, -0.05) is 6.07 Å². The van der Waals surface area contributed by atoms with Gasteiger partial charge < -0.3 is 4.74 Å². The predicted octanol–water partition coefficient (Wildman–Crippen LogP) is 1.93. The number of hydrogen-bond acceptors (Lipinski definition) is 3. The number of nitrogens with one attached hydrogen (secondary N) is 1. The van der Waals surface area contributed by atoms with Gasteiger partial charge >= 0.3 is 0 Å². The Morgan fingerprint density at radius 1 is 1.56 bits per heavy atom. The van der Waals surface area contributed by atoms with E-state index in [2.05, 4.69) is 12.3 Å². The molecule has 1 aromatic carbocycles. The molecule has 3 atom stereocenters. The van der Waals surface area contributed by atoms with Crippen molar-refractivity contribution >= 4 is 0 Å². The van der Waals surface area contributed by atoms with Crippen molar-refractivity contribution in [2.75, 3.05) is 6.61 Å². The van der Waals surface area contributed by atoms with Crippen LogP contribution in [0.1, 0.15) is 24.5 Å². The van der Waals surface area contributed by atoms with E-state index in [1.165, 1.54) is 6.07 Å². The SMILES string of the molecule is Cc1ccc(F)cc1CC(NN)C1COC(C)C1. The van der Waals surface area contributed by atoms with Gasteiger partial charge in [0.2, 0.25) is 0 Å². The van der Waals surface area contributed by atoms with E-state index in [9.17, 15) is 4.39 Å². The Hall–Kier alpha value is -0.970. The van der Waals surface area contributed by atoms with Crippen LogP contribution in [0.15, 0.2) is 18.2 Å². The van der Waals surface area contributed by atoms with Crippen LogP contribution in [0.5, 0.6) is 0 Å². The quantitative estimate of drug-likeness (QED) is 0.636. The largest absolute Gasteiger partial charge is 0.378 e. The number of halogens is 1. The first kappa shape index (κ1) is 13.5. The van der Waals surface area contributed by atoms with Gasteiger partial charge in [0, 0.05) is 12.0 Å². The lowest BCUT2D eigenvalue weighted by Gasteiger charge is -2.22. The molecule has 0 saturated carbocycles. The summed E-state index contributed by atoms with van der Waals surface area (Å²) in [5.74, 6) is 5.84. The van der Waals surface area contributed by atoms with Crippen LogP contribution in [0.4, 0.5) is 4.39 Å². The summed E-state index contributed by atoms with van der Waals surface area (Å²) in [5, 5.41) is 0. The summed E-state index contributed by atoms with van der Waals surface area (Å²) in [6.45, 7) is 4.79. The van der Waals surface area contributed by atoms with Crippen molar-refractivity contribution in [1.82, 2.24) is 5.43 Å². The molecular weight excluding hydrogens is 231 g/mol. The number of nitrogens with two attached hydrogens (primary N) is 1. The second-order valence-electron chi connectivity index (χ2n) is 5.19. The Labute approximate surface area is 107 Å². The van der Waals surface area contributed by atoms with Crippen LogP contribution in [0.2, 0.25) is 0 Å². The Morgan fingerprint density at radius 2 is 2.33 bits per heavy atom. The highest BCUT2D eigenvalue weighted by atomic mass is 19.1. The number of hydrogen-bond donors (Lipinski definition) is 2. The Balaban J connectivity index is 2.08. The van der Waals surface area contributed by atoms with Crippen molar-refractivity contribution in [3.63, 3.8) is 0 Å². The molecule has 3 N–H and O–H groups in total. The van der Waals surface area contributed by atoms with E-state index in [1.54, 1.807) is 6.07 Å². The third-order valence-electron chi connectivity index (χ3n) is 3.76. The average molecular weight is 252 g/mol. The van der Waals surface area contributed by atoms with Crippen molar-refractivity contribution in [2.45, 2.75) is 38.8 Å². The molecule has 1 heterocycles. The average Bonchev–Trinajstić information content (AvgIpc) is 2.77. The van der Waals surface area contributed by atoms with Crippen molar-refractivity contribution in [2.24, 2.45) is 11.8 Å². The first-order valence-corrected chi connectivity index (χ1v) is 6.43. The summed E-state index contributed by atoms with van der Waals surface area (Å²) in [6, 6.07) is 5.03. The molecule has 2 rings (SSSR count). The number of aryl methyl sites for hydroxylation is 1. The zero-order valence-electron chi connectivity index (χ0n) is 10.9. The molecular formula is C14H21FN2O. The molecule has 18 heavy (non-hydrogen) atoms. The lowest BCUT2D eigenvalue weighted by molar-refractivity contribution is 0.117. The van der Waals surface area contributed by atoms with E-state index in [0.29, 0.717) is 12.0 Å². The third-order valence-corrected chi connectivity index (χ3v) is 3.76. The Morgan fingerprint density at radius 3 is 2.94 bits per heavy atom. The molecule has 0 radical (unpaired) electrons. The normalized spacial score (nSPS) is 25.3. The summed E-state index contributed by atoms with van der Waals surface area (Å²) in [7, 11) is 0. The maximum absolute atomic E-state index is 13.3. The molecule has 1 aliphatic heterocycles. The van der Waals surface area contributed by atoms with Crippen LogP contribution >= 0.6 is 0 Å². The topological polar surface area (TPSA) is 47.3 Å². The second kappa shape index (κ2) is 5.78. The summed E-state index contributed by atoms with van der Waals surface area (Å²) in [4.78, 5) is 0. The van der Waals surface area contributed by atoms with E-state index in [4.69, 9.17) is 10.6 Å². The summed E-state index contributed by atoms with van der Waals surface area (Å²) >= 11 is 0. The molecule has 0 bridgehead atoms. The molecule has 1 aliphatic rings. The predicted molar refractivity (Wildman–Crippen MR) is 69.5 cm³/mol. The fraction of sp³-hybridized carbons (Fsp3) is 0.571. The molecule has 0 aromatic heterocycles. The zero-order valence-corrected chi connectivity index (χ0v) is 10.9. The molecule has 0 spiro atoms. The van der Waals surface area contributed by atoms with Gasteiger partial charge in [0.15, 0.2) is 0 Å². The van der Waals surface area contributed by atoms with Gasteiger partial charge in [0.1, 0.15) is 5.82 Å². The summed E-state index contributed by atoms with van der Waals surface area (Å²) < 4.78 is 18.8. The van der Waals surface area contributed by atoms with Gasteiger partial charge in [-0.15, -0.1) is 0 Å². The van der Waals surface area contributed by atoms with Gasteiger partial charge in [-0.2, -0.15) is 0 Å². The van der Waals surface area contributed by atoms with Crippen LogP contribution in [0.25, 0.3) is 0 Å². The van der Waals surface area contributed by atoms with E-state index in [1.807, 2.05) is 13.0 Å². The van der Waals surface area contributed by atoms with E-state index >= 15 is 0 Å². The van der Waals surface area contributed by atoms with Crippen molar-refractivity contribution in [1.29, 1.82) is 0 Å². The molecule has 1 saturated heterocycles. The first-order chi connectivity index (χ1) is 8.60. The minimum Gasteiger partial charge on any atom is -0.378 e. The van der Waals surface area contributed by atoms with Crippen LogP contribution in [0, 0.1) is 18.7 Å². The van der Waals surface area contributed by atoms with Gasteiger partial charge in [-0.25, -0.2) is 4.39 Å². The Kier molecular flexibility index (Phi) is 4.32. The lowest BCUT2D eigenvalue weighted by atomic mass is 9.90. The number of hydrazine groups is 1. The van der Waals surface area contributed by atoms with Gasteiger partial charge in [0.05, 0.1) is 12.7 Å². The first-order valence-electron chi connectivity index (χ1n) is 6.43. The minimum atomic E-state index is -0.192. The van der Waals surface area contributed by atoms with Crippen molar-refractivity contribution in [3.8, 4) is 0 Å². The van der Waals surface area contributed by atoms with Crippen molar-refractivity contribution < 1.29 is 9.13 Å². The highest BCUT2D eigenvalue weighted by Gasteiger charge is 2.29. The smallest absolute Gasteiger partial charge is 0.123 e. The molecule has 1 aromatic rings. The summed E-state index contributed by atoms with van der Waals surface area (Å²) in [5.41, 5.74) is 4.97. The van der Waals surface area contributed by atoms with Gasteiger partial charge in [-0.05, 0) is 49.9 Å². The standard InChI is InChI=1S/C14H21FN2O/c1-9-3-4-13(15)6-11(9)7-14(17-16)12-5-10(2)18-8-12/h3-4,6,10,12,14,17H,5,7-8,16H2,1-2H3. The van der Waals surface area contributed by atoms with E-state index in [-0.39, 0.29) is 11.9 Å².